The van der Waals surface area contributed by atoms with Gasteiger partial charge in [0.15, 0.2) is 11.5 Å². The van der Waals surface area contributed by atoms with Crippen molar-refractivity contribution < 1.29 is 24.1 Å². The number of benzene rings is 2. The average Bonchev–Trinajstić information content (AvgIpc) is 2.64. The van der Waals surface area contributed by atoms with Crippen LogP contribution < -0.4 is 19.6 Å². The molecule has 138 valence electrons. The van der Waals surface area contributed by atoms with Crippen molar-refractivity contribution in [3.63, 3.8) is 0 Å². The Hall–Kier alpha value is -2.26. The van der Waals surface area contributed by atoms with Crippen molar-refractivity contribution >= 4 is 44.0 Å². The van der Waals surface area contributed by atoms with Crippen LogP contribution in [0, 0.1) is 0 Å². The van der Waals surface area contributed by atoms with E-state index in [4.69, 9.17) is 14.2 Å². The minimum atomic E-state index is -0.447. The van der Waals surface area contributed by atoms with Crippen LogP contribution >= 0.6 is 31.9 Å². The van der Waals surface area contributed by atoms with E-state index in [9.17, 15) is 9.90 Å². The summed E-state index contributed by atoms with van der Waals surface area (Å²) < 4.78 is 16.7. The van der Waals surface area contributed by atoms with Crippen molar-refractivity contribution in [3.8, 4) is 23.0 Å². The van der Waals surface area contributed by atoms with Gasteiger partial charge in [-0.15, -0.1) is 0 Å². The van der Waals surface area contributed by atoms with Gasteiger partial charge in [-0.05, 0) is 61.7 Å². The molecule has 2 rings (SSSR count). The first kappa shape index (κ1) is 20.1. The van der Waals surface area contributed by atoms with Crippen molar-refractivity contribution in [1.29, 1.82) is 0 Å². The number of hydrazone groups is 1. The predicted molar refractivity (Wildman–Crippen MR) is 105 cm³/mol. The van der Waals surface area contributed by atoms with Crippen LogP contribution in [-0.2, 0) is 0 Å². The number of hydrogen-bond acceptors (Lipinski definition) is 6. The smallest absolute Gasteiger partial charge is 0.271 e. The number of phenols is 1. The van der Waals surface area contributed by atoms with Gasteiger partial charge in [-0.3, -0.25) is 4.79 Å². The highest BCUT2D eigenvalue weighted by molar-refractivity contribution is 9.11. The first-order valence-electron chi connectivity index (χ1n) is 7.22. The van der Waals surface area contributed by atoms with Gasteiger partial charge >= 0.3 is 0 Å². The van der Waals surface area contributed by atoms with Gasteiger partial charge in [0, 0.05) is 5.56 Å². The average molecular weight is 488 g/mol. The van der Waals surface area contributed by atoms with Gasteiger partial charge in [-0.1, -0.05) is 0 Å². The molecule has 0 spiro atoms. The van der Waals surface area contributed by atoms with Crippen molar-refractivity contribution in [2.45, 2.75) is 0 Å². The van der Waals surface area contributed by atoms with Crippen molar-refractivity contribution in [2.75, 3.05) is 21.3 Å². The Morgan fingerprint density at radius 2 is 1.58 bits per heavy atom. The number of aromatic hydroxyl groups is 1. The van der Waals surface area contributed by atoms with Crippen LogP contribution in [0.1, 0.15) is 15.9 Å². The van der Waals surface area contributed by atoms with E-state index in [1.54, 1.807) is 12.1 Å². The third-order valence-electron chi connectivity index (χ3n) is 3.35. The molecule has 1 amide bonds. The Morgan fingerprint density at radius 3 is 2.04 bits per heavy atom. The minimum Gasteiger partial charge on any atom is -0.506 e. The number of carbonyl (C=O) groups excluding carboxylic acids is 1. The Balaban J connectivity index is 2.20. The first-order chi connectivity index (χ1) is 12.4. The van der Waals surface area contributed by atoms with Gasteiger partial charge in [-0.2, -0.15) is 5.10 Å². The summed E-state index contributed by atoms with van der Waals surface area (Å²) in [4.78, 5) is 12.3. The summed E-state index contributed by atoms with van der Waals surface area (Å²) in [6, 6.07) is 6.38. The normalized spacial score (nSPS) is 10.7. The van der Waals surface area contributed by atoms with Crippen LogP contribution in [0.4, 0.5) is 0 Å². The largest absolute Gasteiger partial charge is 0.506 e. The van der Waals surface area contributed by atoms with E-state index in [0.29, 0.717) is 37.3 Å². The zero-order chi connectivity index (χ0) is 19.3. The molecule has 0 unspecified atom stereocenters. The second kappa shape index (κ2) is 8.91. The third kappa shape index (κ3) is 4.47. The number of halogens is 2. The van der Waals surface area contributed by atoms with Gasteiger partial charge < -0.3 is 19.3 Å². The molecule has 0 fully saturated rings. The highest BCUT2D eigenvalue weighted by Gasteiger charge is 2.16. The summed E-state index contributed by atoms with van der Waals surface area (Å²) in [6.07, 6.45) is 1.45. The number of methoxy groups -OCH3 is 3. The van der Waals surface area contributed by atoms with Crippen LogP contribution in [0.2, 0.25) is 0 Å². The minimum absolute atomic E-state index is 0.0867. The van der Waals surface area contributed by atoms with Gasteiger partial charge in [0.05, 0.1) is 36.5 Å². The number of nitrogens with zero attached hydrogens (tertiary/aromatic N) is 1. The lowest BCUT2D eigenvalue weighted by molar-refractivity contribution is 0.0954. The fourth-order valence-corrected chi connectivity index (χ4v) is 3.32. The second-order valence-electron chi connectivity index (χ2n) is 4.95. The Bertz CT molecular complexity index is 807. The molecule has 0 bridgehead atoms. The number of carbonyl (C=O) groups is 1. The number of nitrogens with one attached hydrogen (secondary N) is 1. The predicted octanol–water partition coefficient (Wildman–Crippen LogP) is 3.71. The summed E-state index contributed by atoms with van der Waals surface area (Å²) in [7, 11) is 4.42. The highest BCUT2D eigenvalue weighted by atomic mass is 79.9. The van der Waals surface area contributed by atoms with Crippen LogP contribution in [0.25, 0.3) is 0 Å². The van der Waals surface area contributed by atoms with E-state index in [0.717, 1.165) is 0 Å². The summed E-state index contributed by atoms with van der Waals surface area (Å²) in [6.45, 7) is 0. The van der Waals surface area contributed by atoms with E-state index in [-0.39, 0.29) is 5.75 Å². The fraction of sp³-hybridized carbons (Fsp3) is 0.176. The van der Waals surface area contributed by atoms with Gasteiger partial charge in [0.25, 0.3) is 5.91 Å². The van der Waals surface area contributed by atoms with Gasteiger partial charge in [0.1, 0.15) is 5.75 Å². The Labute approximate surface area is 167 Å². The molecule has 2 N–H and O–H groups in total. The molecule has 7 nitrogen and oxygen atoms in total. The molecule has 0 aromatic heterocycles. The van der Waals surface area contributed by atoms with Crippen molar-refractivity contribution in [1.82, 2.24) is 5.43 Å². The van der Waals surface area contributed by atoms with E-state index in [1.165, 1.54) is 39.7 Å². The number of phenolic OH excluding ortho intramolecular Hbond substituents is 1. The standard InChI is InChI=1S/C17H16Br2N2O5/c1-24-13-6-10(7-14(25-2)16(13)26-3)17(23)21-20-8-9-4-11(18)15(22)12(19)5-9/h4-8,22H,1-3H3,(H,21,23)/b20-8+. The number of rotatable bonds is 6. The second-order valence-corrected chi connectivity index (χ2v) is 6.65. The van der Waals surface area contributed by atoms with E-state index in [1.807, 2.05) is 0 Å². The zero-order valence-corrected chi connectivity index (χ0v) is 17.3. The Kier molecular flexibility index (Phi) is 6.87. The summed E-state index contributed by atoms with van der Waals surface area (Å²) in [5.41, 5.74) is 3.40. The monoisotopic (exact) mass is 486 g/mol. The molecule has 0 aliphatic carbocycles. The molecule has 0 heterocycles. The van der Waals surface area contributed by atoms with Crippen LogP contribution in [0.15, 0.2) is 38.3 Å². The SMILES string of the molecule is COc1cc(C(=O)N/N=C/c2cc(Br)c(O)c(Br)c2)cc(OC)c1OC. The molecular weight excluding hydrogens is 472 g/mol. The lowest BCUT2D eigenvalue weighted by Gasteiger charge is -2.13. The number of amides is 1. The summed E-state index contributed by atoms with van der Waals surface area (Å²) in [5, 5.41) is 13.6. The van der Waals surface area contributed by atoms with Gasteiger partial charge in [-0.25, -0.2) is 5.43 Å². The lowest BCUT2D eigenvalue weighted by atomic mass is 10.1. The van der Waals surface area contributed by atoms with E-state index >= 15 is 0 Å². The maximum atomic E-state index is 12.3. The zero-order valence-electron chi connectivity index (χ0n) is 14.2. The first-order valence-corrected chi connectivity index (χ1v) is 8.81. The third-order valence-corrected chi connectivity index (χ3v) is 4.55. The summed E-state index contributed by atoms with van der Waals surface area (Å²) >= 11 is 6.46. The molecule has 2 aromatic rings. The van der Waals surface area contributed by atoms with Crippen LogP contribution in [0.5, 0.6) is 23.0 Å². The quantitative estimate of drug-likeness (QED) is 0.479. The molecule has 0 aliphatic heterocycles. The number of ether oxygens (including phenoxy) is 3. The van der Waals surface area contributed by atoms with Crippen LogP contribution in [-0.4, -0.2) is 38.6 Å². The molecule has 0 radical (unpaired) electrons. The van der Waals surface area contributed by atoms with Gasteiger partial charge in [0.2, 0.25) is 5.75 Å². The molecule has 9 heteroatoms. The van der Waals surface area contributed by atoms with E-state index < -0.39 is 5.91 Å². The molecule has 0 saturated heterocycles. The van der Waals surface area contributed by atoms with E-state index in [2.05, 4.69) is 42.4 Å². The number of hydrogen-bond donors (Lipinski definition) is 2. The molecule has 0 saturated carbocycles. The van der Waals surface area contributed by atoms with Crippen molar-refractivity contribution in [3.05, 3.63) is 44.3 Å². The lowest BCUT2D eigenvalue weighted by Crippen LogP contribution is -2.18. The summed E-state index contributed by atoms with van der Waals surface area (Å²) in [5.74, 6) is 0.773. The van der Waals surface area contributed by atoms with Crippen molar-refractivity contribution in [2.24, 2.45) is 5.10 Å². The molecular formula is C17H16Br2N2O5. The molecule has 0 atom stereocenters. The molecule has 26 heavy (non-hydrogen) atoms. The fourth-order valence-electron chi connectivity index (χ4n) is 2.10. The molecule has 0 aliphatic rings. The highest BCUT2D eigenvalue weighted by Crippen LogP contribution is 2.38. The maximum Gasteiger partial charge on any atom is 0.271 e. The van der Waals surface area contributed by atoms with Crippen LogP contribution in [0.3, 0.4) is 0 Å². The topological polar surface area (TPSA) is 89.4 Å². The Morgan fingerprint density at radius 1 is 1.04 bits per heavy atom. The molecule has 2 aromatic carbocycles. The maximum absolute atomic E-state index is 12.3.